The summed E-state index contributed by atoms with van der Waals surface area (Å²) in [5.41, 5.74) is 1.26. The fraction of sp³-hybridized carbons (Fsp3) is 0.486. The average molecular weight is 622 g/mol. The highest BCUT2D eigenvalue weighted by molar-refractivity contribution is 6.01. The maximum Gasteiger partial charge on any atom is 0.193 e. The first-order chi connectivity index (χ1) is 21.4. The normalized spacial score (nSPS) is 41.5. The summed E-state index contributed by atoms with van der Waals surface area (Å²) in [7, 11) is 0. The minimum Gasteiger partial charge on any atom is -0.489 e. The molecule has 0 amide bonds. The zero-order valence-electron chi connectivity index (χ0n) is 25.1. The molecule has 0 radical (unpaired) electrons. The third-order valence-corrected chi connectivity index (χ3v) is 11.4. The molecule has 2 aromatic carbocycles. The maximum absolute atomic E-state index is 17.5. The van der Waals surface area contributed by atoms with E-state index in [1.54, 1.807) is 25.1 Å². The summed E-state index contributed by atoms with van der Waals surface area (Å²) in [6, 6.07) is 14.5. The molecule has 10 heteroatoms. The number of fused-ring (bicyclic) bond motifs is 7. The quantitative estimate of drug-likeness (QED) is 0.403. The number of ether oxygens (including phenoxy) is 3. The van der Waals surface area contributed by atoms with Crippen molar-refractivity contribution in [1.82, 2.24) is 0 Å². The first-order valence-electron chi connectivity index (χ1n) is 15.4. The van der Waals surface area contributed by atoms with Crippen molar-refractivity contribution in [3.8, 4) is 5.75 Å². The predicted octanol–water partition coefficient (Wildman–Crippen LogP) is 4.49. The van der Waals surface area contributed by atoms with Gasteiger partial charge in [0.15, 0.2) is 29.1 Å². The van der Waals surface area contributed by atoms with Crippen LogP contribution in [0.25, 0.3) is 0 Å². The van der Waals surface area contributed by atoms with Crippen LogP contribution in [-0.2, 0) is 25.7 Å². The Kier molecular flexibility index (Phi) is 6.91. The van der Waals surface area contributed by atoms with Crippen molar-refractivity contribution in [1.29, 1.82) is 0 Å². The number of alkyl halides is 2. The molecule has 3 saturated carbocycles. The Balaban J connectivity index is 1.18. The molecule has 238 valence electrons. The highest BCUT2D eigenvalue weighted by Crippen LogP contribution is 2.72. The van der Waals surface area contributed by atoms with Crippen LogP contribution in [0.5, 0.6) is 5.75 Å². The third kappa shape index (κ3) is 4.08. The molecule has 1 heterocycles. The zero-order valence-corrected chi connectivity index (χ0v) is 25.1. The summed E-state index contributed by atoms with van der Waals surface area (Å²) in [5, 5.41) is 21.8. The lowest BCUT2D eigenvalue weighted by molar-refractivity contribution is -0.235. The number of ketones is 2. The number of nitrogens with two attached hydrogens (primary N) is 1. The maximum atomic E-state index is 17.5. The largest absolute Gasteiger partial charge is 0.489 e. The zero-order chi connectivity index (χ0) is 31.9. The van der Waals surface area contributed by atoms with E-state index in [9.17, 15) is 19.8 Å². The molecule has 4 N–H and O–H groups in total. The van der Waals surface area contributed by atoms with Gasteiger partial charge in [0.1, 0.15) is 25.1 Å². The van der Waals surface area contributed by atoms with E-state index in [-0.39, 0.29) is 24.8 Å². The molecule has 0 spiro atoms. The van der Waals surface area contributed by atoms with Crippen molar-refractivity contribution in [2.24, 2.45) is 22.7 Å². The lowest BCUT2D eigenvalue weighted by Crippen LogP contribution is -2.70. The summed E-state index contributed by atoms with van der Waals surface area (Å²) < 4.78 is 52.1. The first kappa shape index (κ1) is 30.2. The van der Waals surface area contributed by atoms with Crippen LogP contribution < -0.4 is 10.5 Å². The van der Waals surface area contributed by atoms with E-state index >= 15 is 8.78 Å². The van der Waals surface area contributed by atoms with E-state index in [1.165, 1.54) is 19.1 Å². The Morgan fingerprint density at radius 1 is 1.13 bits per heavy atom. The summed E-state index contributed by atoms with van der Waals surface area (Å²) in [5.74, 6) is -2.00. The number of benzene rings is 2. The minimum atomic E-state index is -2.30. The van der Waals surface area contributed by atoms with E-state index in [0.29, 0.717) is 23.6 Å². The number of hydrogen-bond donors (Lipinski definition) is 3. The van der Waals surface area contributed by atoms with Gasteiger partial charge in [-0.2, -0.15) is 0 Å². The highest BCUT2D eigenvalue weighted by atomic mass is 19.1. The van der Waals surface area contributed by atoms with Crippen LogP contribution in [0.4, 0.5) is 14.5 Å². The van der Waals surface area contributed by atoms with Crippen LogP contribution in [0.3, 0.4) is 0 Å². The topological polar surface area (TPSA) is 128 Å². The van der Waals surface area contributed by atoms with Crippen molar-refractivity contribution in [3.05, 3.63) is 83.5 Å². The number of rotatable bonds is 6. The van der Waals surface area contributed by atoms with Crippen LogP contribution >= 0.6 is 0 Å². The molecule has 0 bridgehead atoms. The minimum absolute atomic E-state index is 0.0325. The number of carbonyl (C=O) groups excluding carboxylic acids is 2. The molecule has 45 heavy (non-hydrogen) atoms. The summed E-state index contributed by atoms with van der Waals surface area (Å²) in [6.45, 7) is 2.75. The van der Waals surface area contributed by atoms with Crippen LogP contribution in [0.1, 0.15) is 50.5 Å². The number of allylic oxidation sites excluding steroid dienone is 4. The molecular weight excluding hydrogens is 584 g/mol. The molecule has 10 atom stereocenters. The van der Waals surface area contributed by atoms with Gasteiger partial charge in [0.2, 0.25) is 0 Å². The number of nitrogen functional groups attached to an aromatic ring is 1. The van der Waals surface area contributed by atoms with Gasteiger partial charge in [0.25, 0.3) is 0 Å². The number of anilines is 1. The Hall–Kier alpha value is -3.44. The third-order valence-electron chi connectivity index (χ3n) is 11.4. The molecule has 0 aromatic heterocycles. The highest BCUT2D eigenvalue weighted by Gasteiger charge is 2.80. The lowest BCUT2D eigenvalue weighted by atomic mass is 9.44. The second kappa shape index (κ2) is 10.3. The van der Waals surface area contributed by atoms with Crippen LogP contribution in [-0.4, -0.2) is 58.0 Å². The Morgan fingerprint density at radius 2 is 1.89 bits per heavy atom. The number of halogens is 2. The summed E-state index contributed by atoms with van der Waals surface area (Å²) in [4.78, 5) is 25.8. The van der Waals surface area contributed by atoms with Crippen LogP contribution in [0, 0.1) is 22.7 Å². The Labute approximate surface area is 259 Å². The number of aliphatic hydroxyl groups excluding tert-OH is 2. The van der Waals surface area contributed by atoms with Crippen LogP contribution in [0.15, 0.2) is 72.3 Å². The van der Waals surface area contributed by atoms with Gasteiger partial charge >= 0.3 is 0 Å². The Morgan fingerprint density at radius 3 is 2.60 bits per heavy atom. The fourth-order valence-corrected chi connectivity index (χ4v) is 9.26. The second-order valence-corrected chi connectivity index (χ2v) is 13.6. The van der Waals surface area contributed by atoms with Gasteiger partial charge in [-0.25, -0.2) is 8.78 Å². The van der Waals surface area contributed by atoms with E-state index in [0.717, 1.165) is 11.6 Å². The first-order valence-corrected chi connectivity index (χ1v) is 15.4. The molecule has 4 fully saturated rings. The molecule has 5 aliphatic rings. The Bertz CT molecular complexity index is 1610. The van der Waals surface area contributed by atoms with Gasteiger partial charge < -0.3 is 30.2 Å². The molecule has 4 aliphatic carbocycles. The second-order valence-electron chi connectivity index (χ2n) is 13.6. The fourth-order valence-electron chi connectivity index (χ4n) is 9.26. The van der Waals surface area contributed by atoms with Gasteiger partial charge in [0.05, 0.1) is 12.2 Å². The van der Waals surface area contributed by atoms with Gasteiger partial charge in [0, 0.05) is 34.1 Å². The van der Waals surface area contributed by atoms with Gasteiger partial charge in [-0.15, -0.1) is 0 Å². The van der Waals surface area contributed by atoms with Crippen molar-refractivity contribution in [3.63, 3.8) is 0 Å². The summed E-state index contributed by atoms with van der Waals surface area (Å²) in [6.07, 6.45) is -1.52. The molecule has 1 saturated heterocycles. The van der Waals surface area contributed by atoms with E-state index in [2.05, 4.69) is 0 Å². The molecule has 7 rings (SSSR count). The SMILES string of the molecule is C[C@]12C=CC(=O)C=C1[C@@H](F)C[C@H]1[C@@H]3C[C@H]4O[C@@H](c5ccc(COc6cccc(N)c6)cc5)O[C@@]4(C(=O)CO)[C@@]3(C)C[C@H](O)[C@@]12F. The number of carbonyl (C=O) groups is 2. The van der Waals surface area contributed by atoms with Gasteiger partial charge in [-0.3, -0.25) is 9.59 Å². The van der Waals surface area contributed by atoms with Crippen molar-refractivity contribution < 1.29 is 42.8 Å². The number of Topliss-reactive ketones (excluding diaryl/α,β-unsaturated/α-hetero) is 1. The monoisotopic (exact) mass is 621 g/mol. The average Bonchev–Trinajstić information content (AvgIpc) is 3.52. The van der Waals surface area contributed by atoms with E-state index < -0.39 is 76.8 Å². The van der Waals surface area contributed by atoms with Crippen molar-refractivity contribution in [2.45, 2.75) is 75.7 Å². The van der Waals surface area contributed by atoms with Crippen LogP contribution in [0.2, 0.25) is 0 Å². The number of hydrogen-bond acceptors (Lipinski definition) is 8. The molecule has 0 unspecified atom stereocenters. The summed E-state index contributed by atoms with van der Waals surface area (Å²) >= 11 is 0. The van der Waals surface area contributed by atoms with E-state index in [1.807, 2.05) is 30.3 Å². The lowest BCUT2D eigenvalue weighted by Gasteiger charge is -2.63. The van der Waals surface area contributed by atoms with Crippen molar-refractivity contribution in [2.75, 3.05) is 12.3 Å². The van der Waals surface area contributed by atoms with Crippen molar-refractivity contribution >= 4 is 17.3 Å². The van der Waals surface area contributed by atoms with E-state index in [4.69, 9.17) is 19.9 Å². The van der Waals surface area contributed by atoms with Gasteiger partial charge in [-0.1, -0.05) is 43.3 Å². The molecule has 1 aliphatic heterocycles. The molecule has 8 nitrogen and oxygen atoms in total. The molecular formula is C35H37F2NO7. The molecule has 2 aromatic rings. The smallest absolute Gasteiger partial charge is 0.193 e. The standard InChI is InChI=1S/C35H37F2NO7/c1-32-11-10-22(40)13-26(32)27(36)14-25-24-15-30-35(29(42)17-39,33(24,2)16-28(41)34(25,32)37)45-31(44-30)20-8-6-19(7-9-20)18-43-23-5-3-4-21(38)12-23/h3-13,24-25,27-28,30-31,39,41H,14-18,38H2,1-2H3/t24-,25-,27-,28-,30+,31+,32-,33-,34-,35+/m0/s1. The number of aliphatic hydroxyl groups is 2. The predicted molar refractivity (Wildman–Crippen MR) is 159 cm³/mol. The van der Waals surface area contributed by atoms with Gasteiger partial charge in [-0.05, 0) is 67.5 Å².